The van der Waals surface area contributed by atoms with Crippen molar-refractivity contribution in [1.82, 2.24) is 4.57 Å². The molecular formula is C58H36N2S. The van der Waals surface area contributed by atoms with E-state index in [1.54, 1.807) is 0 Å². The van der Waals surface area contributed by atoms with Crippen LogP contribution in [-0.4, -0.2) is 4.57 Å². The summed E-state index contributed by atoms with van der Waals surface area (Å²) in [6.45, 7) is 0. The zero-order valence-corrected chi connectivity index (χ0v) is 33.9. The molecular weight excluding hydrogens is 757 g/mol. The number of para-hydroxylation sites is 1. The van der Waals surface area contributed by atoms with Gasteiger partial charge in [0.1, 0.15) is 0 Å². The molecule has 0 saturated carbocycles. The first-order valence-electron chi connectivity index (χ1n) is 20.9. The summed E-state index contributed by atoms with van der Waals surface area (Å²) in [5.74, 6) is 0. The van der Waals surface area contributed by atoms with E-state index in [0.29, 0.717) is 0 Å². The van der Waals surface area contributed by atoms with Crippen molar-refractivity contribution in [2.75, 3.05) is 4.90 Å². The summed E-state index contributed by atoms with van der Waals surface area (Å²) < 4.78 is 5.03. The lowest BCUT2D eigenvalue weighted by molar-refractivity contribution is 1.18. The molecule has 0 spiro atoms. The number of hydrogen-bond donors (Lipinski definition) is 0. The summed E-state index contributed by atoms with van der Waals surface area (Å²) in [7, 11) is 0. The van der Waals surface area contributed by atoms with Gasteiger partial charge in [0.05, 0.1) is 11.0 Å². The molecule has 0 fully saturated rings. The first-order valence-corrected chi connectivity index (χ1v) is 21.7. The first kappa shape index (κ1) is 34.2. The van der Waals surface area contributed by atoms with Gasteiger partial charge in [0.2, 0.25) is 0 Å². The third kappa shape index (κ3) is 5.41. The monoisotopic (exact) mass is 792 g/mol. The Morgan fingerprint density at radius 3 is 1.75 bits per heavy atom. The largest absolute Gasteiger partial charge is 0.310 e. The van der Waals surface area contributed by atoms with E-state index in [9.17, 15) is 0 Å². The van der Waals surface area contributed by atoms with Gasteiger partial charge in [-0.2, -0.15) is 0 Å². The van der Waals surface area contributed by atoms with Gasteiger partial charge >= 0.3 is 0 Å². The van der Waals surface area contributed by atoms with Crippen molar-refractivity contribution in [2.45, 2.75) is 0 Å². The number of benzene rings is 11. The summed E-state index contributed by atoms with van der Waals surface area (Å²) in [6, 6.07) is 80.7. The van der Waals surface area contributed by atoms with Crippen LogP contribution in [0.15, 0.2) is 218 Å². The Balaban J connectivity index is 0.966. The van der Waals surface area contributed by atoms with Crippen molar-refractivity contribution in [3.05, 3.63) is 218 Å². The summed E-state index contributed by atoms with van der Waals surface area (Å²) in [5.41, 5.74) is 9.30. The molecule has 0 atom stereocenters. The number of aromatic nitrogens is 1. The smallest absolute Gasteiger partial charge is 0.0547 e. The normalized spacial score (nSPS) is 11.9. The minimum absolute atomic E-state index is 1.11. The highest BCUT2D eigenvalue weighted by Gasteiger charge is 2.18. The maximum Gasteiger partial charge on any atom is 0.0547 e. The van der Waals surface area contributed by atoms with Gasteiger partial charge in [0.25, 0.3) is 0 Å². The van der Waals surface area contributed by atoms with Crippen LogP contribution in [0.4, 0.5) is 17.1 Å². The highest BCUT2D eigenvalue weighted by molar-refractivity contribution is 7.25. The van der Waals surface area contributed by atoms with Gasteiger partial charge in [-0.25, -0.2) is 0 Å². The second-order valence-corrected chi connectivity index (χ2v) is 17.2. The third-order valence-electron chi connectivity index (χ3n) is 12.7. The lowest BCUT2D eigenvalue weighted by Crippen LogP contribution is -2.09. The lowest BCUT2D eigenvalue weighted by atomic mass is 9.96. The zero-order chi connectivity index (χ0) is 40.0. The number of fused-ring (bicyclic) bond motifs is 12. The third-order valence-corrected chi connectivity index (χ3v) is 13.8. The van der Waals surface area contributed by atoms with E-state index in [1.165, 1.54) is 96.2 Å². The summed E-state index contributed by atoms with van der Waals surface area (Å²) >= 11 is 1.86. The van der Waals surface area contributed by atoms with Crippen LogP contribution in [0, 0.1) is 0 Å². The summed E-state index contributed by atoms with van der Waals surface area (Å²) in [6.07, 6.45) is 0. The molecule has 0 aliphatic heterocycles. The molecule has 0 amide bonds. The number of anilines is 3. The fourth-order valence-corrected chi connectivity index (χ4v) is 10.9. The van der Waals surface area contributed by atoms with Gasteiger partial charge in [-0.1, -0.05) is 140 Å². The minimum atomic E-state index is 1.11. The zero-order valence-electron chi connectivity index (χ0n) is 33.1. The number of hydrogen-bond acceptors (Lipinski definition) is 2. The van der Waals surface area contributed by atoms with Gasteiger partial charge in [0, 0.05) is 53.7 Å². The van der Waals surface area contributed by atoms with E-state index in [4.69, 9.17) is 0 Å². The highest BCUT2D eigenvalue weighted by atomic mass is 32.1. The van der Waals surface area contributed by atoms with E-state index in [-0.39, 0.29) is 0 Å². The predicted octanol–water partition coefficient (Wildman–Crippen LogP) is 16.9. The molecule has 0 radical (unpaired) electrons. The quantitative estimate of drug-likeness (QED) is 0.158. The van der Waals surface area contributed by atoms with Gasteiger partial charge in [-0.15, -0.1) is 11.3 Å². The standard InChI is InChI=1S/C58H36N2S/c1-2-12-43-34-55-52(33-42(43)11-1)49-16-5-7-18-54(49)60(55)45-14-9-13-41(32-45)37-24-27-44(28-25-37)59(47-30-31-57-53(36-47)50-17-6-8-19-56(50)61-57)46-29-26-39-21-23-40-22-20-38-10-3-4-15-48(38)58(40)51(39)35-46/h1-36H. The van der Waals surface area contributed by atoms with Crippen LogP contribution < -0.4 is 4.90 Å². The van der Waals surface area contributed by atoms with E-state index in [0.717, 1.165) is 22.7 Å². The predicted molar refractivity (Wildman–Crippen MR) is 264 cm³/mol. The van der Waals surface area contributed by atoms with Crippen LogP contribution in [0.1, 0.15) is 0 Å². The minimum Gasteiger partial charge on any atom is -0.310 e. The second-order valence-electron chi connectivity index (χ2n) is 16.1. The number of thiophene rings is 1. The Hall–Kier alpha value is -7.72. The van der Waals surface area contributed by atoms with Crippen LogP contribution in [0.5, 0.6) is 0 Å². The Morgan fingerprint density at radius 1 is 0.311 bits per heavy atom. The number of rotatable bonds is 5. The first-order chi connectivity index (χ1) is 30.2. The molecule has 61 heavy (non-hydrogen) atoms. The van der Waals surface area contributed by atoms with Crippen molar-refractivity contribution >= 4 is 113 Å². The molecule has 0 aliphatic carbocycles. The van der Waals surface area contributed by atoms with Crippen molar-refractivity contribution in [2.24, 2.45) is 0 Å². The second kappa shape index (κ2) is 13.4. The van der Waals surface area contributed by atoms with E-state index in [2.05, 4.69) is 228 Å². The molecule has 2 heterocycles. The van der Waals surface area contributed by atoms with Crippen molar-refractivity contribution < 1.29 is 0 Å². The van der Waals surface area contributed by atoms with E-state index < -0.39 is 0 Å². The average molecular weight is 793 g/mol. The van der Waals surface area contributed by atoms with Crippen LogP contribution in [-0.2, 0) is 0 Å². The number of nitrogens with zero attached hydrogens (tertiary/aromatic N) is 2. The molecule has 0 bridgehead atoms. The van der Waals surface area contributed by atoms with E-state index in [1.807, 2.05) is 11.3 Å². The van der Waals surface area contributed by atoms with Gasteiger partial charge < -0.3 is 9.47 Å². The van der Waals surface area contributed by atoms with Crippen molar-refractivity contribution in [3.8, 4) is 16.8 Å². The average Bonchev–Trinajstić information content (AvgIpc) is 3.86. The molecule has 284 valence electrons. The van der Waals surface area contributed by atoms with Crippen molar-refractivity contribution in [1.29, 1.82) is 0 Å². The molecule has 0 aliphatic rings. The van der Waals surface area contributed by atoms with E-state index >= 15 is 0 Å². The van der Waals surface area contributed by atoms with Crippen LogP contribution in [0.2, 0.25) is 0 Å². The Kier molecular flexibility index (Phi) is 7.51. The molecule has 13 aromatic rings. The Labute approximate surface area is 356 Å². The van der Waals surface area contributed by atoms with Gasteiger partial charge in [-0.05, 0) is 133 Å². The van der Waals surface area contributed by atoms with Crippen LogP contribution >= 0.6 is 11.3 Å². The molecule has 2 nitrogen and oxygen atoms in total. The molecule has 0 N–H and O–H groups in total. The van der Waals surface area contributed by atoms with Crippen LogP contribution in [0.3, 0.4) is 0 Å². The lowest BCUT2D eigenvalue weighted by Gasteiger charge is -2.26. The Bertz CT molecular complexity index is 3880. The molecule has 3 heteroatoms. The highest BCUT2D eigenvalue weighted by Crippen LogP contribution is 2.43. The van der Waals surface area contributed by atoms with Crippen molar-refractivity contribution in [3.63, 3.8) is 0 Å². The molecule has 0 unspecified atom stereocenters. The SMILES string of the molecule is c1cc(-c2ccc(N(c3ccc4sc5ccccc5c4c3)c3ccc4ccc5ccc6ccccc6c5c4c3)cc2)cc(-n2c3ccccc3c3cc4ccccc4cc32)c1. The molecule has 2 aromatic heterocycles. The molecule has 13 rings (SSSR count). The summed E-state index contributed by atoms with van der Waals surface area (Å²) in [5, 5.41) is 15.2. The fraction of sp³-hybridized carbons (Fsp3) is 0. The maximum atomic E-state index is 2.43. The topological polar surface area (TPSA) is 8.17 Å². The van der Waals surface area contributed by atoms with Gasteiger partial charge in [-0.3, -0.25) is 0 Å². The fourth-order valence-electron chi connectivity index (χ4n) is 9.81. The molecule has 11 aromatic carbocycles. The van der Waals surface area contributed by atoms with Gasteiger partial charge in [0.15, 0.2) is 0 Å². The Morgan fingerprint density at radius 2 is 0.918 bits per heavy atom. The maximum absolute atomic E-state index is 2.43. The molecule has 0 saturated heterocycles. The summed E-state index contributed by atoms with van der Waals surface area (Å²) in [4.78, 5) is 2.43. The van der Waals surface area contributed by atoms with Crippen LogP contribution in [0.25, 0.3) is 102 Å².